The molecule has 33 heavy (non-hydrogen) atoms. The van der Waals surface area contributed by atoms with Crippen molar-refractivity contribution in [3.8, 4) is 11.3 Å². The van der Waals surface area contributed by atoms with E-state index in [-0.39, 0.29) is 5.91 Å². The summed E-state index contributed by atoms with van der Waals surface area (Å²) in [6, 6.07) is 18.1. The normalized spacial score (nSPS) is 15.8. The van der Waals surface area contributed by atoms with E-state index in [1.807, 2.05) is 36.5 Å². The van der Waals surface area contributed by atoms with Crippen LogP contribution >= 0.6 is 22.6 Å². The van der Waals surface area contributed by atoms with Crippen LogP contribution in [0.1, 0.15) is 23.2 Å². The number of nitrogens with two attached hydrogens (primary N) is 1. The Morgan fingerprint density at radius 2 is 2.12 bits per heavy atom. The number of allylic oxidation sites excluding steroid dienone is 1. The number of pyridine rings is 1. The lowest BCUT2D eigenvalue weighted by atomic mass is 10.0. The van der Waals surface area contributed by atoms with Crippen molar-refractivity contribution in [2.75, 3.05) is 13.1 Å². The summed E-state index contributed by atoms with van der Waals surface area (Å²) >= 11 is 2.19. The molecule has 164 valence electrons. The molecule has 5 rings (SSSR count). The van der Waals surface area contributed by atoms with Gasteiger partial charge in [0.1, 0.15) is 5.52 Å². The van der Waals surface area contributed by atoms with E-state index in [0.29, 0.717) is 30.1 Å². The minimum absolute atomic E-state index is 0.132. The number of amides is 1. The summed E-state index contributed by atoms with van der Waals surface area (Å²) in [5, 5.41) is 4.93. The highest BCUT2D eigenvalue weighted by Gasteiger charge is 2.17. The van der Waals surface area contributed by atoms with E-state index >= 15 is 0 Å². The number of rotatable bonds is 5. The lowest BCUT2D eigenvalue weighted by Gasteiger charge is -2.10. The van der Waals surface area contributed by atoms with Crippen molar-refractivity contribution in [2.24, 2.45) is 11.7 Å². The van der Waals surface area contributed by atoms with Gasteiger partial charge >= 0.3 is 0 Å². The van der Waals surface area contributed by atoms with Gasteiger partial charge in [0.15, 0.2) is 0 Å². The highest BCUT2D eigenvalue weighted by molar-refractivity contribution is 14.1. The highest BCUT2D eigenvalue weighted by Crippen LogP contribution is 2.30. The summed E-state index contributed by atoms with van der Waals surface area (Å²) in [5.74, 6) is 0.263. The Morgan fingerprint density at radius 3 is 3.00 bits per heavy atom. The molecule has 2 aromatic heterocycles. The molecule has 0 saturated carbocycles. The summed E-state index contributed by atoms with van der Waals surface area (Å²) < 4.78 is 0.887. The predicted octanol–water partition coefficient (Wildman–Crippen LogP) is 5.17. The van der Waals surface area contributed by atoms with Crippen LogP contribution in [0.4, 0.5) is 0 Å². The van der Waals surface area contributed by atoms with Gasteiger partial charge in [-0.1, -0.05) is 42.5 Å². The smallest absolute Gasteiger partial charge is 0.252 e. The molecule has 1 amide bonds. The molecule has 1 atom stereocenters. The van der Waals surface area contributed by atoms with Gasteiger partial charge in [-0.25, -0.2) is 4.98 Å². The van der Waals surface area contributed by atoms with E-state index in [4.69, 9.17) is 10.7 Å². The van der Waals surface area contributed by atoms with Crippen LogP contribution in [-0.2, 0) is 0 Å². The van der Waals surface area contributed by atoms with Gasteiger partial charge in [-0.3, -0.25) is 4.79 Å². The first-order chi connectivity index (χ1) is 16.1. The van der Waals surface area contributed by atoms with Crippen LogP contribution in [0.5, 0.6) is 0 Å². The summed E-state index contributed by atoms with van der Waals surface area (Å²) in [6.45, 7) is 1.12. The van der Waals surface area contributed by atoms with Gasteiger partial charge in [-0.05, 0) is 77.7 Å². The first-order valence-electron chi connectivity index (χ1n) is 11.0. The molecule has 0 aliphatic heterocycles. The summed E-state index contributed by atoms with van der Waals surface area (Å²) in [4.78, 5) is 21.5. The number of nitrogens with zero attached hydrogens (tertiary/aromatic N) is 1. The molecule has 1 aliphatic rings. The second-order valence-corrected chi connectivity index (χ2v) is 9.36. The first kappa shape index (κ1) is 21.7. The van der Waals surface area contributed by atoms with Crippen molar-refractivity contribution in [3.63, 3.8) is 0 Å². The predicted molar refractivity (Wildman–Crippen MR) is 141 cm³/mol. The quantitative estimate of drug-likeness (QED) is 0.302. The number of nitrogens with one attached hydrogen (secondary N) is 2. The van der Waals surface area contributed by atoms with Gasteiger partial charge in [-0.15, -0.1) is 0 Å². The number of carbonyl (C=O) groups is 1. The Bertz CT molecular complexity index is 1400. The molecule has 1 unspecified atom stereocenters. The number of hydrogen-bond donors (Lipinski definition) is 3. The molecule has 0 saturated heterocycles. The third kappa shape index (κ3) is 4.52. The highest BCUT2D eigenvalue weighted by atomic mass is 127. The zero-order valence-electron chi connectivity index (χ0n) is 18.0. The molecule has 5 nitrogen and oxygen atoms in total. The lowest BCUT2D eigenvalue weighted by molar-refractivity contribution is 0.0959. The number of fused-ring (bicyclic) bond motifs is 2. The van der Waals surface area contributed by atoms with Gasteiger partial charge in [0.25, 0.3) is 5.91 Å². The molecule has 0 fully saturated rings. The van der Waals surface area contributed by atoms with Crippen LogP contribution in [0.2, 0.25) is 0 Å². The van der Waals surface area contributed by atoms with E-state index < -0.39 is 0 Å². The molecule has 0 spiro atoms. The van der Waals surface area contributed by atoms with Crippen molar-refractivity contribution >= 4 is 50.3 Å². The average molecular weight is 546 g/mol. The Labute approximate surface area is 206 Å². The first-order valence-corrected chi connectivity index (χ1v) is 12.1. The topological polar surface area (TPSA) is 83.8 Å². The van der Waals surface area contributed by atoms with Gasteiger partial charge in [0.2, 0.25) is 0 Å². The van der Waals surface area contributed by atoms with E-state index in [0.717, 1.165) is 49.5 Å². The Hall–Kier alpha value is -3.15. The molecule has 2 aromatic carbocycles. The van der Waals surface area contributed by atoms with Crippen LogP contribution in [0.15, 0.2) is 66.4 Å². The van der Waals surface area contributed by atoms with E-state index in [9.17, 15) is 4.79 Å². The Morgan fingerprint density at radius 1 is 1.24 bits per heavy atom. The van der Waals surface area contributed by atoms with Crippen molar-refractivity contribution < 1.29 is 4.79 Å². The maximum atomic E-state index is 13.4. The number of halogens is 1. The van der Waals surface area contributed by atoms with E-state index in [2.05, 4.69) is 69.3 Å². The maximum Gasteiger partial charge on any atom is 0.252 e. The fourth-order valence-corrected chi connectivity index (χ4v) is 4.65. The molecular weight excluding hydrogens is 523 g/mol. The lowest BCUT2D eigenvalue weighted by Crippen LogP contribution is -2.25. The summed E-state index contributed by atoms with van der Waals surface area (Å²) in [6.07, 6.45) is 10.4. The second-order valence-electron chi connectivity index (χ2n) is 8.20. The van der Waals surface area contributed by atoms with Gasteiger partial charge < -0.3 is 16.0 Å². The largest absolute Gasteiger partial charge is 0.360 e. The number of hydrogen-bond acceptors (Lipinski definition) is 3. The van der Waals surface area contributed by atoms with Crippen LogP contribution < -0.4 is 11.1 Å². The molecule has 0 bridgehead atoms. The van der Waals surface area contributed by atoms with E-state index in [1.54, 1.807) is 0 Å². The molecule has 1 aliphatic carbocycles. The monoisotopic (exact) mass is 546 g/mol. The molecule has 2 heterocycles. The zero-order chi connectivity index (χ0) is 22.8. The molecular formula is C27H23IN4O. The number of benzene rings is 1. The van der Waals surface area contributed by atoms with Gasteiger partial charge in [0, 0.05) is 34.6 Å². The second kappa shape index (κ2) is 9.38. The SMILES string of the molecule is NCC1C=CC(CNC(=O)c2cc(-c3c[nH]c4ccccc34)nc3c#cc(I)cc23)=CCC1. The molecule has 4 aromatic rings. The fourth-order valence-electron chi connectivity index (χ4n) is 4.20. The van der Waals surface area contributed by atoms with Crippen LogP contribution in [0, 0.1) is 21.6 Å². The van der Waals surface area contributed by atoms with Crippen LogP contribution in [0.25, 0.3) is 33.1 Å². The average Bonchev–Trinajstić information content (AvgIpc) is 3.13. The number of carbonyl (C=O) groups excluding carboxylic acids is 1. The Kier molecular flexibility index (Phi) is 6.16. The third-order valence-electron chi connectivity index (χ3n) is 6.02. The number of H-pyrrole nitrogens is 1. The van der Waals surface area contributed by atoms with Crippen molar-refractivity contribution in [1.82, 2.24) is 15.3 Å². The minimum Gasteiger partial charge on any atom is -0.360 e. The summed E-state index contributed by atoms with van der Waals surface area (Å²) in [5.41, 5.74) is 10.8. The molecule has 4 N–H and O–H groups in total. The van der Waals surface area contributed by atoms with Crippen LogP contribution in [-0.4, -0.2) is 29.0 Å². The number of para-hydroxylation sites is 1. The molecule has 0 radical (unpaired) electrons. The Balaban J connectivity index is 1.50. The number of aromatic amines is 1. The van der Waals surface area contributed by atoms with Crippen molar-refractivity contribution in [3.05, 3.63) is 87.7 Å². The standard InChI is InChI=1S/C27H23IN4O/c28-19-10-11-25-21(12-19)22(27(33)31-15-18-5-3-4-17(14-29)8-9-18)13-26(32-25)23-16-30-24-7-2-1-6-20(23)24/h1-2,5-9,12-13,16-17,30H,3-4,14-15,29H2,(H,31,33). The summed E-state index contributed by atoms with van der Waals surface area (Å²) in [7, 11) is 0. The van der Waals surface area contributed by atoms with Crippen LogP contribution in [0.3, 0.4) is 0 Å². The number of aromatic nitrogens is 2. The van der Waals surface area contributed by atoms with Gasteiger partial charge in [0.05, 0.1) is 14.8 Å². The molecule has 6 heteroatoms. The third-order valence-corrected chi connectivity index (χ3v) is 6.60. The van der Waals surface area contributed by atoms with E-state index in [1.165, 1.54) is 0 Å². The zero-order valence-corrected chi connectivity index (χ0v) is 20.1. The fraction of sp³-hybridized carbons (Fsp3) is 0.185. The maximum absolute atomic E-state index is 13.4. The van der Waals surface area contributed by atoms with Gasteiger partial charge in [-0.2, -0.15) is 0 Å². The minimum atomic E-state index is -0.132. The van der Waals surface area contributed by atoms with Crippen molar-refractivity contribution in [1.29, 1.82) is 0 Å². The van der Waals surface area contributed by atoms with Crippen molar-refractivity contribution in [2.45, 2.75) is 12.8 Å².